The molecule has 68 valence electrons. The molecule has 0 fully saturated rings. The summed E-state index contributed by atoms with van der Waals surface area (Å²) in [5, 5.41) is 0.312. The third-order valence-corrected chi connectivity index (χ3v) is 1.75. The Kier molecular flexibility index (Phi) is 4.45. The van der Waals surface area contributed by atoms with Gasteiger partial charge in [0.25, 0.3) is 0 Å². The van der Waals surface area contributed by atoms with Crippen molar-refractivity contribution >= 4 is 24.0 Å². The summed E-state index contributed by atoms with van der Waals surface area (Å²) in [6.07, 6.45) is 0. The van der Waals surface area contributed by atoms with Crippen molar-refractivity contribution in [1.29, 1.82) is 0 Å². The van der Waals surface area contributed by atoms with Gasteiger partial charge in [0, 0.05) is 6.54 Å². The van der Waals surface area contributed by atoms with E-state index in [1.54, 1.807) is 6.92 Å². The molecule has 0 unspecified atom stereocenters. The molecule has 2 N–H and O–H groups in total. The summed E-state index contributed by atoms with van der Waals surface area (Å²) in [6.45, 7) is 1.77. The van der Waals surface area contributed by atoms with Crippen LogP contribution in [0.25, 0.3) is 0 Å². The lowest BCUT2D eigenvalue weighted by atomic mass is 10.2. The first kappa shape index (κ1) is 11.6. The summed E-state index contributed by atoms with van der Waals surface area (Å²) in [5.41, 5.74) is 6.04. The number of nitrogens with two attached hydrogens (primary N) is 1. The van der Waals surface area contributed by atoms with Gasteiger partial charge in [-0.2, -0.15) is 0 Å². The topological polar surface area (TPSA) is 38.9 Å². The fourth-order valence-electron chi connectivity index (χ4n) is 0.736. The molecule has 1 aromatic heterocycles. The average molecular weight is 211 g/mol. The molecule has 0 atom stereocenters. The molecular formula is C7H9Cl2FN2. The van der Waals surface area contributed by atoms with Gasteiger partial charge in [0.15, 0.2) is 0 Å². The number of halogens is 3. The second kappa shape index (κ2) is 4.60. The van der Waals surface area contributed by atoms with Crippen LogP contribution in [0.3, 0.4) is 0 Å². The molecule has 5 heteroatoms. The molecule has 1 heterocycles. The SMILES string of the molecule is Cc1cc(F)c(CN)nc1Cl.Cl. The molecule has 1 rings (SSSR count). The quantitative estimate of drug-likeness (QED) is 0.722. The molecular weight excluding hydrogens is 202 g/mol. The number of hydrogen-bond acceptors (Lipinski definition) is 2. The lowest BCUT2D eigenvalue weighted by Gasteiger charge is -2.01. The van der Waals surface area contributed by atoms with Crippen molar-refractivity contribution in [2.24, 2.45) is 5.73 Å². The van der Waals surface area contributed by atoms with Gasteiger partial charge in [0.2, 0.25) is 0 Å². The van der Waals surface area contributed by atoms with Gasteiger partial charge < -0.3 is 5.73 Å². The van der Waals surface area contributed by atoms with Gasteiger partial charge in [-0.25, -0.2) is 9.37 Å². The average Bonchev–Trinajstić information content (AvgIpc) is 1.97. The number of pyridine rings is 1. The van der Waals surface area contributed by atoms with E-state index in [1.165, 1.54) is 6.07 Å². The van der Waals surface area contributed by atoms with E-state index in [4.69, 9.17) is 17.3 Å². The molecule has 1 aromatic rings. The minimum atomic E-state index is -0.394. The molecule has 2 nitrogen and oxygen atoms in total. The fraction of sp³-hybridized carbons (Fsp3) is 0.286. The van der Waals surface area contributed by atoms with E-state index >= 15 is 0 Å². The predicted molar refractivity (Wildman–Crippen MR) is 49.1 cm³/mol. The van der Waals surface area contributed by atoms with Gasteiger partial charge in [-0.3, -0.25) is 0 Å². The molecule has 0 spiro atoms. The summed E-state index contributed by atoms with van der Waals surface area (Å²) in [7, 11) is 0. The van der Waals surface area contributed by atoms with Crippen LogP contribution in [-0.4, -0.2) is 4.98 Å². The van der Waals surface area contributed by atoms with Crippen LogP contribution in [-0.2, 0) is 6.54 Å². The van der Waals surface area contributed by atoms with Crippen LogP contribution in [0.15, 0.2) is 6.07 Å². The van der Waals surface area contributed by atoms with E-state index in [9.17, 15) is 4.39 Å². The maximum absolute atomic E-state index is 12.8. The van der Waals surface area contributed by atoms with Crippen LogP contribution < -0.4 is 5.73 Å². The van der Waals surface area contributed by atoms with Crippen molar-refractivity contribution in [2.45, 2.75) is 13.5 Å². The molecule has 0 saturated heterocycles. The second-order valence-electron chi connectivity index (χ2n) is 2.23. The summed E-state index contributed by atoms with van der Waals surface area (Å²) in [5.74, 6) is -0.394. The highest BCUT2D eigenvalue weighted by molar-refractivity contribution is 6.30. The van der Waals surface area contributed by atoms with Gasteiger partial charge in [0.05, 0.1) is 5.69 Å². The maximum Gasteiger partial charge on any atom is 0.146 e. The van der Waals surface area contributed by atoms with Crippen LogP contribution in [0.4, 0.5) is 4.39 Å². The zero-order chi connectivity index (χ0) is 8.43. The zero-order valence-electron chi connectivity index (χ0n) is 6.47. The van der Waals surface area contributed by atoms with Crippen LogP contribution >= 0.6 is 24.0 Å². The number of nitrogens with zero attached hydrogens (tertiary/aromatic N) is 1. The van der Waals surface area contributed by atoms with Crippen LogP contribution in [0, 0.1) is 12.7 Å². The van der Waals surface area contributed by atoms with Gasteiger partial charge in [-0.05, 0) is 18.6 Å². The van der Waals surface area contributed by atoms with Gasteiger partial charge in [0.1, 0.15) is 11.0 Å². The largest absolute Gasteiger partial charge is 0.325 e. The number of hydrogen-bond donors (Lipinski definition) is 1. The van der Waals surface area contributed by atoms with Crippen LogP contribution in [0.2, 0.25) is 5.15 Å². The molecule has 0 aromatic carbocycles. The Balaban J connectivity index is 0.00000121. The Morgan fingerprint density at radius 3 is 2.75 bits per heavy atom. The lowest BCUT2D eigenvalue weighted by Crippen LogP contribution is -2.03. The molecule has 0 aliphatic carbocycles. The van der Waals surface area contributed by atoms with E-state index in [0.717, 1.165) is 0 Å². The highest BCUT2D eigenvalue weighted by atomic mass is 35.5. The first-order valence-corrected chi connectivity index (χ1v) is 3.54. The van der Waals surface area contributed by atoms with E-state index in [2.05, 4.69) is 4.98 Å². The van der Waals surface area contributed by atoms with Crippen molar-refractivity contribution in [2.75, 3.05) is 0 Å². The molecule has 12 heavy (non-hydrogen) atoms. The molecule has 0 amide bonds. The van der Waals surface area contributed by atoms with Crippen molar-refractivity contribution in [3.63, 3.8) is 0 Å². The Labute approximate surface area is 81.3 Å². The molecule has 0 aliphatic heterocycles. The molecule has 0 saturated carbocycles. The fourth-order valence-corrected chi connectivity index (χ4v) is 0.893. The van der Waals surface area contributed by atoms with Gasteiger partial charge in [-0.1, -0.05) is 11.6 Å². The first-order chi connectivity index (χ1) is 5.15. The van der Waals surface area contributed by atoms with Crippen molar-refractivity contribution in [1.82, 2.24) is 4.98 Å². The van der Waals surface area contributed by atoms with Crippen molar-refractivity contribution < 1.29 is 4.39 Å². The monoisotopic (exact) mass is 210 g/mol. The van der Waals surface area contributed by atoms with E-state index in [0.29, 0.717) is 10.7 Å². The summed E-state index contributed by atoms with van der Waals surface area (Å²) in [4.78, 5) is 3.76. The normalized spacial score (nSPS) is 9.33. The third-order valence-electron chi connectivity index (χ3n) is 1.37. The molecule has 0 aliphatic rings. The Morgan fingerprint density at radius 2 is 2.25 bits per heavy atom. The van der Waals surface area contributed by atoms with Crippen molar-refractivity contribution in [3.05, 3.63) is 28.3 Å². The van der Waals surface area contributed by atoms with E-state index < -0.39 is 5.82 Å². The smallest absolute Gasteiger partial charge is 0.146 e. The number of aryl methyl sites for hydroxylation is 1. The number of aromatic nitrogens is 1. The first-order valence-electron chi connectivity index (χ1n) is 3.16. The highest BCUT2D eigenvalue weighted by Crippen LogP contribution is 2.15. The Morgan fingerprint density at radius 1 is 1.67 bits per heavy atom. The summed E-state index contributed by atoms with van der Waals surface area (Å²) >= 11 is 5.63. The van der Waals surface area contributed by atoms with E-state index in [-0.39, 0.29) is 24.6 Å². The minimum Gasteiger partial charge on any atom is -0.325 e. The summed E-state index contributed by atoms with van der Waals surface area (Å²) < 4.78 is 12.8. The zero-order valence-corrected chi connectivity index (χ0v) is 8.05. The molecule has 0 radical (unpaired) electrons. The maximum atomic E-state index is 12.8. The third kappa shape index (κ3) is 2.30. The minimum absolute atomic E-state index is 0. The van der Waals surface area contributed by atoms with Crippen LogP contribution in [0.5, 0.6) is 0 Å². The predicted octanol–water partition coefficient (Wildman–Crippen LogP) is 2.06. The van der Waals surface area contributed by atoms with Crippen LogP contribution in [0.1, 0.15) is 11.3 Å². The highest BCUT2D eigenvalue weighted by Gasteiger charge is 2.05. The van der Waals surface area contributed by atoms with Gasteiger partial charge >= 0.3 is 0 Å². The summed E-state index contributed by atoms with van der Waals surface area (Å²) in [6, 6.07) is 1.33. The van der Waals surface area contributed by atoms with Crippen molar-refractivity contribution in [3.8, 4) is 0 Å². The lowest BCUT2D eigenvalue weighted by molar-refractivity contribution is 0.598. The number of rotatable bonds is 1. The van der Waals surface area contributed by atoms with E-state index in [1.807, 2.05) is 0 Å². The Hall–Kier alpha value is -0.380. The Bertz CT molecular complexity index is 278. The molecule has 0 bridgehead atoms. The second-order valence-corrected chi connectivity index (χ2v) is 2.59. The standard InChI is InChI=1S/C7H8ClFN2.ClH/c1-4-2-5(9)6(3-10)11-7(4)8;/h2H,3,10H2,1H3;1H. The van der Waals surface area contributed by atoms with Gasteiger partial charge in [-0.15, -0.1) is 12.4 Å².